The molecule has 11 atom stereocenters. The Hall–Kier alpha value is -1.05. The zero-order valence-corrected chi connectivity index (χ0v) is 24.7. The first-order valence-electron chi connectivity index (χ1n) is 14.8. The van der Waals surface area contributed by atoms with E-state index in [-0.39, 0.29) is 45.7 Å². The van der Waals surface area contributed by atoms with Gasteiger partial charge in [-0.05, 0) is 87.5 Å². The molecular formula is C32H50O6. The van der Waals surface area contributed by atoms with Crippen molar-refractivity contribution in [3.63, 3.8) is 0 Å². The van der Waals surface area contributed by atoms with E-state index in [0.29, 0.717) is 19.4 Å². The summed E-state index contributed by atoms with van der Waals surface area (Å²) in [6.45, 7) is 16.8. The largest absolute Gasteiger partial charge is 0.392 e. The third-order valence-electron chi connectivity index (χ3n) is 12.1. The van der Waals surface area contributed by atoms with E-state index in [2.05, 4.69) is 46.8 Å². The molecule has 6 nitrogen and oxygen atoms in total. The van der Waals surface area contributed by atoms with Crippen LogP contribution in [0.3, 0.4) is 0 Å². The Labute approximate surface area is 228 Å². The highest BCUT2D eigenvalue weighted by Gasteiger charge is 2.68. The smallest absolute Gasteiger partial charge is 0.161 e. The van der Waals surface area contributed by atoms with Gasteiger partial charge in [0.1, 0.15) is 6.10 Å². The summed E-state index contributed by atoms with van der Waals surface area (Å²) in [5.74, 6) is 0.882. The van der Waals surface area contributed by atoms with Gasteiger partial charge in [-0.3, -0.25) is 4.79 Å². The third kappa shape index (κ3) is 3.80. The van der Waals surface area contributed by atoms with E-state index < -0.39 is 35.6 Å². The number of fused-ring (bicyclic) bond motifs is 5. The van der Waals surface area contributed by atoms with Gasteiger partial charge in [0.05, 0.1) is 17.8 Å². The van der Waals surface area contributed by atoms with Crippen LogP contribution in [0, 0.1) is 45.3 Å². The summed E-state index contributed by atoms with van der Waals surface area (Å²) < 4.78 is 12.4. The highest BCUT2D eigenvalue weighted by molar-refractivity contribution is 5.95. The minimum atomic E-state index is -1.26. The lowest BCUT2D eigenvalue weighted by Gasteiger charge is -2.66. The zero-order valence-electron chi connectivity index (χ0n) is 24.7. The van der Waals surface area contributed by atoms with E-state index in [9.17, 15) is 20.1 Å². The van der Waals surface area contributed by atoms with Crippen LogP contribution in [0.5, 0.6) is 0 Å². The topological polar surface area (TPSA) is 96.2 Å². The lowest BCUT2D eigenvalue weighted by atomic mass is 9.38. The highest BCUT2D eigenvalue weighted by atomic mass is 16.7. The second kappa shape index (κ2) is 8.97. The predicted molar refractivity (Wildman–Crippen MR) is 146 cm³/mol. The van der Waals surface area contributed by atoms with Crippen LogP contribution in [-0.4, -0.2) is 57.9 Å². The molecule has 1 saturated heterocycles. The van der Waals surface area contributed by atoms with E-state index in [1.54, 1.807) is 13.8 Å². The fourth-order valence-electron chi connectivity index (χ4n) is 10.00. The number of allylic oxidation sites excluding steroid dienone is 3. The van der Waals surface area contributed by atoms with Gasteiger partial charge in [0.25, 0.3) is 0 Å². The quantitative estimate of drug-likeness (QED) is 0.442. The molecule has 0 bridgehead atoms. The molecule has 0 spiro atoms. The Balaban J connectivity index is 1.47. The Morgan fingerprint density at radius 3 is 2.47 bits per heavy atom. The van der Waals surface area contributed by atoms with E-state index >= 15 is 0 Å². The SMILES string of the molecule is CCOC1OC(C(O)C(C)(C)O)CC1C1CC=C2C1(C)CCC1C3(C)C=CC(=O)C(C)(C)C3CC(O)C21C. The number of rotatable bonds is 5. The van der Waals surface area contributed by atoms with Crippen LogP contribution in [-0.2, 0) is 14.3 Å². The first-order valence-corrected chi connectivity index (χ1v) is 14.8. The minimum absolute atomic E-state index is 0.0889. The molecule has 3 fully saturated rings. The molecule has 3 N–H and O–H groups in total. The van der Waals surface area contributed by atoms with E-state index in [4.69, 9.17) is 9.47 Å². The standard InChI is InChI=1S/C32H50O6/c1-9-37-27-18(16-20(38-27)26(35)29(4,5)36)19-10-11-21-30(19,6)14-12-22-31(7)15-13-24(33)28(2,3)23(31)17-25(34)32(21,22)8/h11,13,15,18-20,22-23,25-27,34-36H,9-10,12,14,16-17H2,1-8H3. The summed E-state index contributed by atoms with van der Waals surface area (Å²) in [5, 5.41) is 33.2. The minimum Gasteiger partial charge on any atom is -0.392 e. The molecule has 0 aromatic carbocycles. The first kappa shape index (κ1) is 28.5. The van der Waals surface area contributed by atoms with Gasteiger partial charge >= 0.3 is 0 Å². The molecule has 5 rings (SSSR count). The number of ketones is 1. The van der Waals surface area contributed by atoms with Gasteiger partial charge in [0.2, 0.25) is 0 Å². The summed E-state index contributed by atoms with van der Waals surface area (Å²) >= 11 is 0. The van der Waals surface area contributed by atoms with Crippen molar-refractivity contribution in [2.24, 2.45) is 45.3 Å². The Morgan fingerprint density at radius 1 is 1.16 bits per heavy atom. The first-order chi connectivity index (χ1) is 17.5. The molecule has 4 aliphatic carbocycles. The van der Waals surface area contributed by atoms with Crippen LogP contribution in [0.2, 0.25) is 0 Å². The molecule has 11 unspecified atom stereocenters. The summed E-state index contributed by atoms with van der Waals surface area (Å²) in [4.78, 5) is 12.9. The van der Waals surface area contributed by atoms with Crippen LogP contribution in [0.15, 0.2) is 23.8 Å². The third-order valence-corrected chi connectivity index (χ3v) is 12.1. The second-order valence-corrected chi connectivity index (χ2v) is 14.8. The summed E-state index contributed by atoms with van der Waals surface area (Å²) in [7, 11) is 0. The molecule has 6 heteroatoms. The van der Waals surface area contributed by atoms with Gasteiger partial charge in [0, 0.05) is 23.4 Å². The Bertz CT molecular complexity index is 1020. The number of carbonyl (C=O) groups excluding carboxylic acids is 1. The number of ether oxygens (including phenoxy) is 2. The van der Waals surface area contributed by atoms with Crippen molar-refractivity contribution in [2.75, 3.05) is 6.61 Å². The molecule has 0 radical (unpaired) electrons. The number of carbonyl (C=O) groups is 1. The van der Waals surface area contributed by atoms with Gasteiger partial charge in [-0.25, -0.2) is 0 Å². The molecule has 214 valence electrons. The lowest BCUT2D eigenvalue weighted by molar-refractivity contribution is -0.193. The average Bonchev–Trinajstić information content (AvgIpc) is 3.39. The molecular weight excluding hydrogens is 480 g/mol. The number of hydrogen-bond donors (Lipinski definition) is 3. The van der Waals surface area contributed by atoms with E-state index in [1.165, 1.54) is 5.57 Å². The van der Waals surface area contributed by atoms with Crippen molar-refractivity contribution in [3.05, 3.63) is 23.8 Å². The van der Waals surface area contributed by atoms with Crippen molar-refractivity contribution in [1.82, 2.24) is 0 Å². The van der Waals surface area contributed by atoms with Gasteiger partial charge < -0.3 is 24.8 Å². The lowest BCUT2D eigenvalue weighted by Crippen LogP contribution is -2.63. The van der Waals surface area contributed by atoms with Crippen molar-refractivity contribution >= 4 is 5.78 Å². The van der Waals surface area contributed by atoms with Crippen molar-refractivity contribution in [2.45, 2.75) is 118 Å². The number of aliphatic hydroxyl groups is 3. The number of aliphatic hydroxyl groups excluding tert-OH is 2. The highest BCUT2D eigenvalue weighted by Crippen LogP contribution is 2.72. The average molecular weight is 531 g/mol. The Morgan fingerprint density at radius 2 is 1.84 bits per heavy atom. The van der Waals surface area contributed by atoms with Crippen LogP contribution >= 0.6 is 0 Å². The Kier molecular flexibility index (Phi) is 6.73. The summed E-state index contributed by atoms with van der Waals surface area (Å²) in [5.41, 5.74) is -1.02. The maximum atomic E-state index is 12.9. The number of hydrogen-bond acceptors (Lipinski definition) is 6. The summed E-state index contributed by atoms with van der Waals surface area (Å²) in [6, 6.07) is 0. The zero-order chi connectivity index (χ0) is 28.1. The normalized spacial score (nSPS) is 48.8. The predicted octanol–water partition coefficient (Wildman–Crippen LogP) is 4.81. The van der Waals surface area contributed by atoms with Crippen molar-refractivity contribution < 1.29 is 29.6 Å². The molecule has 2 saturated carbocycles. The molecule has 0 amide bonds. The van der Waals surface area contributed by atoms with E-state index in [1.807, 2.05) is 13.0 Å². The van der Waals surface area contributed by atoms with Crippen LogP contribution in [0.4, 0.5) is 0 Å². The van der Waals surface area contributed by atoms with Crippen molar-refractivity contribution in [1.29, 1.82) is 0 Å². The second-order valence-electron chi connectivity index (χ2n) is 14.8. The molecule has 1 aliphatic heterocycles. The molecule has 0 aromatic heterocycles. The summed E-state index contributed by atoms with van der Waals surface area (Å²) in [6.07, 6.45) is 8.12. The maximum absolute atomic E-state index is 12.9. The van der Waals surface area contributed by atoms with E-state index in [0.717, 1.165) is 19.3 Å². The van der Waals surface area contributed by atoms with Crippen molar-refractivity contribution in [3.8, 4) is 0 Å². The molecule has 5 aliphatic rings. The van der Waals surface area contributed by atoms with Crippen LogP contribution in [0.25, 0.3) is 0 Å². The van der Waals surface area contributed by atoms with Gasteiger partial charge in [-0.15, -0.1) is 0 Å². The monoisotopic (exact) mass is 530 g/mol. The fourth-order valence-corrected chi connectivity index (χ4v) is 10.00. The van der Waals surface area contributed by atoms with Crippen LogP contribution in [0.1, 0.15) is 87.5 Å². The molecule has 38 heavy (non-hydrogen) atoms. The fraction of sp³-hybridized carbons (Fsp3) is 0.844. The molecule has 0 aromatic rings. The molecule has 1 heterocycles. The van der Waals surface area contributed by atoms with Crippen LogP contribution < -0.4 is 0 Å². The van der Waals surface area contributed by atoms with Gasteiger partial charge in [-0.2, -0.15) is 0 Å². The van der Waals surface area contributed by atoms with Gasteiger partial charge in [-0.1, -0.05) is 52.3 Å². The van der Waals surface area contributed by atoms with Gasteiger partial charge in [0.15, 0.2) is 12.1 Å². The maximum Gasteiger partial charge on any atom is 0.161 e.